The number of aliphatic hydroxyl groups is 1. The number of carbonyl (C=O) groups excluding carboxylic acids is 1. The Balaban J connectivity index is 2.39. The summed E-state index contributed by atoms with van der Waals surface area (Å²) in [7, 11) is -4.50. The van der Waals surface area contributed by atoms with E-state index in [4.69, 9.17) is 9.29 Å². The summed E-state index contributed by atoms with van der Waals surface area (Å²) < 4.78 is 38.3. The molecule has 0 spiro atoms. The highest BCUT2D eigenvalue weighted by atomic mass is 32.3. The molecule has 1 amide bonds. The molecule has 0 bridgehead atoms. The first-order chi connectivity index (χ1) is 7.78. The predicted molar refractivity (Wildman–Crippen MR) is 55.5 cm³/mol. The average Bonchev–Trinajstić information content (AvgIpc) is 2.17. The molecule has 3 unspecified atom stereocenters. The molecule has 17 heavy (non-hydrogen) atoms. The van der Waals surface area contributed by atoms with Crippen molar-refractivity contribution in [3.8, 4) is 0 Å². The first-order valence-electron chi connectivity index (χ1n) is 4.96. The van der Waals surface area contributed by atoms with Gasteiger partial charge in [0, 0.05) is 13.3 Å². The highest BCUT2D eigenvalue weighted by Crippen LogP contribution is 2.15. The van der Waals surface area contributed by atoms with Crippen LogP contribution in [0.4, 0.5) is 0 Å². The quantitative estimate of drug-likeness (QED) is 0.529. The van der Waals surface area contributed by atoms with Gasteiger partial charge in [0.15, 0.2) is 0 Å². The summed E-state index contributed by atoms with van der Waals surface area (Å²) in [5, 5.41) is 12.2. The lowest BCUT2D eigenvalue weighted by Crippen LogP contribution is -2.52. The van der Waals surface area contributed by atoms with Crippen LogP contribution in [0.5, 0.6) is 0 Å². The second-order valence-corrected chi connectivity index (χ2v) is 4.87. The van der Waals surface area contributed by atoms with Crippen LogP contribution in [0, 0.1) is 0 Å². The SMILES string of the molecule is CC(=O)NC1COC(COS(=O)(=O)O)CC1O. The van der Waals surface area contributed by atoms with Crippen molar-refractivity contribution in [2.75, 3.05) is 13.2 Å². The van der Waals surface area contributed by atoms with Gasteiger partial charge in [0.2, 0.25) is 5.91 Å². The molecular weight excluding hydrogens is 254 g/mol. The van der Waals surface area contributed by atoms with Crippen LogP contribution in [0.15, 0.2) is 0 Å². The Bertz CT molecular complexity index is 368. The zero-order valence-electron chi connectivity index (χ0n) is 9.20. The number of hydrogen-bond donors (Lipinski definition) is 3. The molecule has 0 radical (unpaired) electrons. The summed E-state index contributed by atoms with van der Waals surface area (Å²) in [6, 6.07) is -0.519. The monoisotopic (exact) mass is 269 g/mol. The predicted octanol–water partition coefficient (Wildman–Crippen LogP) is -1.54. The van der Waals surface area contributed by atoms with Gasteiger partial charge in [0.1, 0.15) is 0 Å². The Morgan fingerprint density at radius 3 is 2.71 bits per heavy atom. The van der Waals surface area contributed by atoms with Gasteiger partial charge < -0.3 is 15.2 Å². The third kappa shape index (κ3) is 5.41. The topological polar surface area (TPSA) is 122 Å². The smallest absolute Gasteiger partial charge is 0.391 e. The van der Waals surface area contributed by atoms with Gasteiger partial charge in [0.25, 0.3) is 0 Å². The van der Waals surface area contributed by atoms with Gasteiger partial charge in [-0.1, -0.05) is 0 Å². The Morgan fingerprint density at radius 1 is 1.59 bits per heavy atom. The van der Waals surface area contributed by atoms with E-state index >= 15 is 0 Å². The summed E-state index contributed by atoms with van der Waals surface area (Å²) in [5.74, 6) is -0.287. The van der Waals surface area contributed by atoms with Crippen LogP contribution >= 0.6 is 0 Å². The van der Waals surface area contributed by atoms with E-state index in [2.05, 4.69) is 9.50 Å². The van der Waals surface area contributed by atoms with Crippen molar-refractivity contribution in [3.63, 3.8) is 0 Å². The van der Waals surface area contributed by atoms with E-state index in [0.717, 1.165) is 0 Å². The van der Waals surface area contributed by atoms with Gasteiger partial charge in [-0.25, -0.2) is 4.18 Å². The molecule has 0 aromatic rings. The van der Waals surface area contributed by atoms with Gasteiger partial charge in [-0.15, -0.1) is 0 Å². The molecule has 100 valence electrons. The number of rotatable bonds is 4. The van der Waals surface area contributed by atoms with Crippen molar-refractivity contribution in [2.45, 2.75) is 31.6 Å². The van der Waals surface area contributed by atoms with Crippen molar-refractivity contribution in [3.05, 3.63) is 0 Å². The molecule has 1 aliphatic rings. The van der Waals surface area contributed by atoms with Crippen molar-refractivity contribution in [1.29, 1.82) is 0 Å². The molecule has 9 heteroatoms. The van der Waals surface area contributed by atoms with Crippen LogP contribution in [0.1, 0.15) is 13.3 Å². The third-order valence-electron chi connectivity index (χ3n) is 2.27. The minimum atomic E-state index is -4.50. The fraction of sp³-hybridized carbons (Fsp3) is 0.875. The van der Waals surface area contributed by atoms with E-state index in [9.17, 15) is 18.3 Å². The van der Waals surface area contributed by atoms with E-state index in [1.807, 2.05) is 0 Å². The lowest BCUT2D eigenvalue weighted by molar-refractivity contribution is -0.125. The van der Waals surface area contributed by atoms with Crippen molar-refractivity contribution < 1.29 is 31.8 Å². The molecule has 1 rings (SSSR count). The Morgan fingerprint density at radius 2 is 2.24 bits per heavy atom. The van der Waals surface area contributed by atoms with Gasteiger partial charge in [-0.05, 0) is 0 Å². The normalized spacial score (nSPS) is 29.9. The van der Waals surface area contributed by atoms with E-state index in [-0.39, 0.29) is 25.5 Å². The van der Waals surface area contributed by atoms with Crippen LogP contribution in [-0.2, 0) is 24.1 Å². The molecule has 1 saturated heterocycles. The van der Waals surface area contributed by atoms with Crippen molar-refractivity contribution in [1.82, 2.24) is 5.32 Å². The van der Waals surface area contributed by atoms with Gasteiger partial charge in [-0.3, -0.25) is 9.35 Å². The van der Waals surface area contributed by atoms with E-state index in [1.54, 1.807) is 0 Å². The third-order valence-corrected chi connectivity index (χ3v) is 2.71. The maximum absolute atomic E-state index is 10.8. The van der Waals surface area contributed by atoms with Gasteiger partial charge in [0.05, 0.1) is 31.5 Å². The molecule has 1 aliphatic heterocycles. The molecule has 0 aliphatic carbocycles. The summed E-state index contributed by atoms with van der Waals surface area (Å²) in [4.78, 5) is 10.8. The highest BCUT2D eigenvalue weighted by molar-refractivity contribution is 7.80. The lowest BCUT2D eigenvalue weighted by Gasteiger charge is -2.33. The minimum absolute atomic E-state index is 0.0558. The number of aliphatic hydroxyl groups excluding tert-OH is 1. The molecule has 3 atom stereocenters. The van der Waals surface area contributed by atoms with Crippen LogP contribution in [0.2, 0.25) is 0 Å². The van der Waals surface area contributed by atoms with E-state index < -0.39 is 28.6 Å². The molecular formula is C8H15NO7S. The lowest BCUT2D eigenvalue weighted by atomic mass is 10.0. The van der Waals surface area contributed by atoms with Crippen LogP contribution in [-0.4, -0.2) is 55.4 Å². The molecule has 0 aromatic carbocycles. The fourth-order valence-electron chi connectivity index (χ4n) is 1.53. The molecule has 0 saturated carbocycles. The first kappa shape index (κ1) is 14.3. The second-order valence-electron chi connectivity index (χ2n) is 3.78. The Kier molecular flexibility index (Phi) is 4.83. The van der Waals surface area contributed by atoms with Crippen molar-refractivity contribution >= 4 is 16.3 Å². The Labute approximate surface area is 98.9 Å². The Hall–Kier alpha value is -0.740. The molecule has 1 heterocycles. The second kappa shape index (κ2) is 5.74. The van der Waals surface area contributed by atoms with Crippen LogP contribution in [0.25, 0.3) is 0 Å². The molecule has 8 nitrogen and oxygen atoms in total. The summed E-state index contributed by atoms with van der Waals surface area (Å²) in [6.07, 6.45) is -1.37. The van der Waals surface area contributed by atoms with Gasteiger partial charge in [-0.2, -0.15) is 8.42 Å². The fourth-order valence-corrected chi connectivity index (χ4v) is 1.85. The van der Waals surface area contributed by atoms with E-state index in [1.165, 1.54) is 6.92 Å². The van der Waals surface area contributed by atoms with Crippen LogP contribution < -0.4 is 5.32 Å². The summed E-state index contributed by atoms with van der Waals surface area (Å²) in [5.41, 5.74) is 0. The summed E-state index contributed by atoms with van der Waals surface area (Å²) >= 11 is 0. The zero-order chi connectivity index (χ0) is 13.1. The maximum Gasteiger partial charge on any atom is 0.397 e. The number of amides is 1. The molecule has 1 fully saturated rings. The number of nitrogens with one attached hydrogen (secondary N) is 1. The van der Waals surface area contributed by atoms with Crippen molar-refractivity contribution in [2.24, 2.45) is 0 Å². The number of ether oxygens (including phenoxy) is 1. The maximum atomic E-state index is 10.8. The number of hydrogen-bond acceptors (Lipinski definition) is 6. The largest absolute Gasteiger partial charge is 0.397 e. The standard InChI is InChI=1S/C8H15NO7S/c1-5(10)9-7-4-15-6(2-8(7)11)3-16-17(12,13)14/h6-8,11H,2-4H2,1H3,(H,9,10)(H,12,13,14). The van der Waals surface area contributed by atoms with Crippen LogP contribution in [0.3, 0.4) is 0 Å². The first-order valence-corrected chi connectivity index (χ1v) is 6.33. The molecule has 0 aromatic heterocycles. The summed E-state index contributed by atoms with van der Waals surface area (Å²) in [6.45, 7) is 1.00. The van der Waals surface area contributed by atoms with Gasteiger partial charge >= 0.3 is 10.4 Å². The zero-order valence-corrected chi connectivity index (χ0v) is 10.0. The molecule has 3 N–H and O–H groups in total. The van der Waals surface area contributed by atoms with E-state index in [0.29, 0.717) is 0 Å². The number of carbonyl (C=O) groups is 1. The minimum Gasteiger partial charge on any atom is -0.391 e. The average molecular weight is 269 g/mol. The highest BCUT2D eigenvalue weighted by Gasteiger charge is 2.31.